The van der Waals surface area contributed by atoms with Crippen LogP contribution in [0.4, 0.5) is 8.78 Å². The molecule has 0 saturated heterocycles. The lowest BCUT2D eigenvalue weighted by Crippen LogP contribution is -2.47. The standard InChI is InChI=1S/C11H21F2NO2/c1-11(8-15,14-9-3-4-9)5-2-6-16-7-10(12)13/h9-10,14-15H,2-8H2,1H3. The van der Waals surface area contributed by atoms with Crippen molar-refractivity contribution in [2.45, 2.75) is 50.6 Å². The zero-order valence-corrected chi connectivity index (χ0v) is 9.72. The molecule has 1 fully saturated rings. The first kappa shape index (κ1) is 13.8. The first-order chi connectivity index (χ1) is 7.56. The minimum Gasteiger partial charge on any atom is -0.394 e. The molecule has 0 aromatic rings. The molecule has 1 rings (SSSR count). The third-order valence-corrected chi connectivity index (χ3v) is 2.74. The van der Waals surface area contributed by atoms with Crippen molar-refractivity contribution >= 4 is 0 Å². The Bertz CT molecular complexity index is 200. The maximum absolute atomic E-state index is 11.8. The highest BCUT2D eigenvalue weighted by Crippen LogP contribution is 2.24. The van der Waals surface area contributed by atoms with Crippen LogP contribution in [0.25, 0.3) is 0 Å². The molecule has 1 aliphatic carbocycles. The van der Waals surface area contributed by atoms with Crippen molar-refractivity contribution in [3.63, 3.8) is 0 Å². The Hall–Kier alpha value is -0.260. The Morgan fingerprint density at radius 3 is 2.69 bits per heavy atom. The number of rotatable bonds is 9. The van der Waals surface area contributed by atoms with Crippen molar-refractivity contribution in [2.75, 3.05) is 19.8 Å². The summed E-state index contributed by atoms with van der Waals surface area (Å²) >= 11 is 0. The molecule has 0 amide bonds. The highest BCUT2D eigenvalue weighted by molar-refractivity contribution is 4.92. The molecule has 16 heavy (non-hydrogen) atoms. The molecular weight excluding hydrogens is 216 g/mol. The average Bonchev–Trinajstić information content (AvgIpc) is 3.01. The van der Waals surface area contributed by atoms with Gasteiger partial charge in [0.25, 0.3) is 6.43 Å². The van der Waals surface area contributed by atoms with Gasteiger partial charge in [-0.3, -0.25) is 0 Å². The number of ether oxygens (including phenoxy) is 1. The van der Waals surface area contributed by atoms with Gasteiger partial charge in [-0.15, -0.1) is 0 Å². The summed E-state index contributed by atoms with van der Waals surface area (Å²) in [5.74, 6) is 0. The van der Waals surface area contributed by atoms with Crippen molar-refractivity contribution in [1.82, 2.24) is 5.32 Å². The van der Waals surface area contributed by atoms with Gasteiger partial charge in [0.1, 0.15) is 6.61 Å². The normalized spacial score (nSPS) is 20.1. The quantitative estimate of drug-likeness (QED) is 0.598. The van der Waals surface area contributed by atoms with Crippen molar-refractivity contribution in [3.05, 3.63) is 0 Å². The second-order valence-corrected chi connectivity index (χ2v) is 4.71. The topological polar surface area (TPSA) is 41.5 Å². The van der Waals surface area contributed by atoms with Gasteiger partial charge in [-0.25, -0.2) is 8.78 Å². The number of halogens is 2. The Morgan fingerprint density at radius 1 is 1.50 bits per heavy atom. The molecule has 0 spiro atoms. The maximum Gasteiger partial charge on any atom is 0.261 e. The van der Waals surface area contributed by atoms with E-state index in [4.69, 9.17) is 4.74 Å². The number of alkyl halides is 2. The van der Waals surface area contributed by atoms with Crippen LogP contribution in [0.2, 0.25) is 0 Å². The van der Waals surface area contributed by atoms with E-state index in [1.54, 1.807) is 0 Å². The van der Waals surface area contributed by atoms with Crippen LogP contribution in [-0.2, 0) is 4.74 Å². The lowest BCUT2D eigenvalue weighted by molar-refractivity contribution is 0.0135. The minimum absolute atomic E-state index is 0.0678. The smallest absolute Gasteiger partial charge is 0.261 e. The van der Waals surface area contributed by atoms with Gasteiger partial charge in [-0.1, -0.05) is 0 Å². The van der Waals surface area contributed by atoms with Crippen molar-refractivity contribution in [3.8, 4) is 0 Å². The fourth-order valence-corrected chi connectivity index (χ4v) is 1.65. The number of nitrogens with one attached hydrogen (secondary N) is 1. The van der Waals surface area contributed by atoms with Crippen LogP contribution in [-0.4, -0.2) is 42.9 Å². The largest absolute Gasteiger partial charge is 0.394 e. The Morgan fingerprint density at radius 2 is 2.19 bits per heavy atom. The number of hydrogen-bond donors (Lipinski definition) is 2. The zero-order chi connectivity index (χ0) is 12.0. The van der Waals surface area contributed by atoms with E-state index < -0.39 is 13.0 Å². The van der Waals surface area contributed by atoms with Gasteiger partial charge >= 0.3 is 0 Å². The van der Waals surface area contributed by atoms with E-state index in [1.165, 1.54) is 0 Å². The van der Waals surface area contributed by atoms with Gasteiger partial charge in [-0.05, 0) is 32.6 Å². The summed E-state index contributed by atoms with van der Waals surface area (Å²) in [4.78, 5) is 0. The molecule has 1 atom stereocenters. The molecule has 0 heterocycles. The monoisotopic (exact) mass is 237 g/mol. The van der Waals surface area contributed by atoms with E-state index in [0.717, 1.165) is 19.3 Å². The molecule has 1 unspecified atom stereocenters. The van der Waals surface area contributed by atoms with Crippen LogP contribution in [0.1, 0.15) is 32.6 Å². The van der Waals surface area contributed by atoms with Crippen LogP contribution >= 0.6 is 0 Å². The van der Waals surface area contributed by atoms with Gasteiger partial charge in [0.2, 0.25) is 0 Å². The summed E-state index contributed by atoms with van der Waals surface area (Å²) in [5, 5.41) is 12.6. The average molecular weight is 237 g/mol. The van der Waals surface area contributed by atoms with E-state index in [9.17, 15) is 13.9 Å². The van der Waals surface area contributed by atoms with Crippen LogP contribution in [0.3, 0.4) is 0 Å². The SMILES string of the molecule is CC(CO)(CCCOCC(F)F)NC1CC1. The molecule has 0 bridgehead atoms. The highest BCUT2D eigenvalue weighted by atomic mass is 19.3. The molecule has 0 aromatic carbocycles. The fraction of sp³-hybridized carbons (Fsp3) is 1.00. The molecular formula is C11H21F2NO2. The van der Waals surface area contributed by atoms with E-state index in [-0.39, 0.29) is 12.1 Å². The molecule has 3 nitrogen and oxygen atoms in total. The van der Waals surface area contributed by atoms with E-state index in [2.05, 4.69) is 5.32 Å². The minimum atomic E-state index is -2.39. The van der Waals surface area contributed by atoms with Gasteiger partial charge in [-0.2, -0.15) is 0 Å². The number of hydrogen-bond acceptors (Lipinski definition) is 3. The van der Waals surface area contributed by atoms with Crippen molar-refractivity contribution in [1.29, 1.82) is 0 Å². The molecule has 0 radical (unpaired) electrons. The molecule has 0 aliphatic heterocycles. The van der Waals surface area contributed by atoms with E-state index in [0.29, 0.717) is 19.1 Å². The lowest BCUT2D eigenvalue weighted by atomic mass is 9.97. The fourth-order valence-electron chi connectivity index (χ4n) is 1.65. The zero-order valence-electron chi connectivity index (χ0n) is 9.72. The molecule has 5 heteroatoms. The van der Waals surface area contributed by atoms with Crippen LogP contribution in [0.15, 0.2) is 0 Å². The van der Waals surface area contributed by atoms with E-state index in [1.807, 2.05) is 6.92 Å². The van der Waals surface area contributed by atoms with Gasteiger partial charge in [0.05, 0.1) is 6.61 Å². The summed E-state index contributed by atoms with van der Waals surface area (Å²) in [6.07, 6.45) is 1.36. The first-order valence-corrected chi connectivity index (χ1v) is 5.80. The Labute approximate surface area is 95.2 Å². The summed E-state index contributed by atoms with van der Waals surface area (Å²) in [5.41, 5.74) is -0.296. The predicted molar refractivity (Wildman–Crippen MR) is 57.7 cm³/mol. The summed E-state index contributed by atoms with van der Waals surface area (Å²) < 4.78 is 28.3. The second-order valence-electron chi connectivity index (χ2n) is 4.71. The van der Waals surface area contributed by atoms with Gasteiger partial charge in [0.15, 0.2) is 0 Å². The number of aliphatic hydroxyl groups is 1. The maximum atomic E-state index is 11.8. The molecule has 96 valence electrons. The van der Waals surface area contributed by atoms with Gasteiger partial charge < -0.3 is 15.2 Å². The van der Waals surface area contributed by atoms with Gasteiger partial charge in [0, 0.05) is 18.2 Å². The van der Waals surface area contributed by atoms with Crippen LogP contribution in [0.5, 0.6) is 0 Å². The Kier molecular flexibility index (Phi) is 5.58. The first-order valence-electron chi connectivity index (χ1n) is 5.80. The lowest BCUT2D eigenvalue weighted by Gasteiger charge is -2.29. The number of aliphatic hydroxyl groups excluding tert-OH is 1. The van der Waals surface area contributed by atoms with Crippen LogP contribution in [0, 0.1) is 0 Å². The molecule has 2 N–H and O–H groups in total. The third kappa shape index (κ3) is 5.72. The van der Waals surface area contributed by atoms with Crippen molar-refractivity contribution < 1.29 is 18.6 Å². The highest BCUT2D eigenvalue weighted by Gasteiger charge is 2.31. The molecule has 1 saturated carbocycles. The van der Waals surface area contributed by atoms with E-state index >= 15 is 0 Å². The second kappa shape index (κ2) is 6.47. The van der Waals surface area contributed by atoms with Crippen LogP contribution < -0.4 is 5.32 Å². The van der Waals surface area contributed by atoms with Crippen molar-refractivity contribution in [2.24, 2.45) is 0 Å². The summed E-state index contributed by atoms with van der Waals surface area (Å²) in [6, 6.07) is 0.527. The molecule has 0 aromatic heterocycles. The Balaban J connectivity index is 2.07. The third-order valence-electron chi connectivity index (χ3n) is 2.74. The molecule has 1 aliphatic rings. The summed E-state index contributed by atoms with van der Waals surface area (Å²) in [6.45, 7) is 1.86. The summed E-state index contributed by atoms with van der Waals surface area (Å²) in [7, 11) is 0. The predicted octanol–water partition coefficient (Wildman–Crippen LogP) is 1.55.